The molecule has 1 aromatic rings. The molecule has 106 valence electrons. The van der Waals surface area contributed by atoms with Gasteiger partial charge in [0.15, 0.2) is 0 Å². The largest absolute Gasteiger partial charge is 0.490 e. The van der Waals surface area contributed by atoms with Crippen LogP contribution in [0.1, 0.15) is 57.3 Å². The van der Waals surface area contributed by atoms with Gasteiger partial charge in [0.1, 0.15) is 5.75 Å². The van der Waals surface area contributed by atoms with E-state index in [1.54, 1.807) is 6.92 Å². The molecule has 2 rings (SSSR count). The third kappa shape index (κ3) is 3.73. The zero-order valence-electron chi connectivity index (χ0n) is 12.5. The highest BCUT2D eigenvalue weighted by Gasteiger charge is 2.26. The van der Waals surface area contributed by atoms with Crippen LogP contribution in [0.5, 0.6) is 5.75 Å². The van der Waals surface area contributed by atoms with Crippen molar-refractivity contribution in [1.29, 1.82) is 0 Å². The van der Waals surface area contributed by atoms with Crippen molar-refractivity contribution in [1.82, 2.24) is 0 Å². The number of benzene rings is 1. The average Bonchev–Trinajstić information content (AvgIpc) is 2.30. The van der Waals surface area contributed by atoms with Gasteiger partial charge in [0, 0.05) is 5.56 Å². The van der Waals surface area contributed by atoms with Gasteiger partial charge >= 0.3 is 0 Å². The molecule has 3 unspecified atom stereocenters. The molecule has 3 atom stereocenters. The summed E-state index contributed by atoms with van der Waals surface area (Å²) in [6.07, 6.45) is 3.36. The van der Waals surface area contributed by atoms with E-state index in [-0.39, 0.29) is 0 Å². The molecule has 2 heteroatoms. The maximum absolute atomic E-state index is 9.88. The third-order valence-corrected chi connectivity index (χ3v) is 4.04. The highest BCUT2D eigenvalue weighted by Crippen LogP contribution is 2.34. The first-order chi connectivity index (χ1) is 8.95. The lowest BCUT2D eigenvalue weighted by atomic mass is 9.82. The summed E-state index contributed by atoms with van der Waals surface area (Å²) in [5.74, 6) is 2.32. The molecule has 2 nitrogen and oxygen atoms in total. The number of hydrogen-bond acceptors (Lipinski definition) is 2. The lowest BCUT2D eigenvalue weighted by Crippen LogP contribution is -2.28. The number of aliphatic hydroxyl groups excluding tert-OH is 1. The van der Waals surface area contributed by atoms with E-state index in [2.05, 4.69) is 19.9 Å². The van der Waals surface area contributed by atoms with Crippen molar-refractivity contribution < 1.29 is 9.84 Å². The van der Waals surface area contributed by atoms with Crippen LogP contribution in [0.15, 0.2) is 18.2 Å². The van der Waals surface area contributed by atoms with E-state index < -0.39 is 6.10 Å². The van der Waals surface area contributed by atoms with Crippen LogP contribution in [0.2, 0.25) is 0 Å². The molecule has 0 spiro atoms. The quantitative estimate of drug-likeness (QED) is 0.882. The highest BCUT2D eigenvalue weighted by atomic mass is 16.5. The Hall–Kier alpha value is -1.02. The number of aliphatic hydroxyl groups is 1. The van der Waals surface area contributed by atoms with Crippen LogP contribution in [-0.4, -0.2) is 11.2 Å². The predicted molar refractivity (Wildman–Crippen MR) is 78.4 cm³/mol. The summed E-state index contributed by atoms with van der Waals surface area (Å²) in [5.41, 5.74) is 2.07. The molecule has 1 aliphatic carbocycles. The first kappa shape index (κ1) is 14.4. The van der Waals surface area contributed by atoms with Crippen molar-refractivity contribution in [3.63, 3.8) is 0 Å². The molecule has 0 radical (unpaired) electrons. The molecular weight excluding hydrogens is 236 g/mol. The Kier molecular flexibility index (Phi) is 4.51. The van der Waals surface area contributed by atoms with E-state index in [1.807, 2.05) is 19.1 Å². The van der Waals surface area contributed by atoms with Crippen molar-refractivity contribution in [3.05, 3.63) is 29.3 Å². The minimum atomic E-state index is -0.478. The van der Waals surface area contributed by atoms with Gasteiger partial charge in [-0.05, 0) is 57.1 Å². The van der Waals surface area contributed by atoms with Crippen LogP contribution >= 0.6 is 0 Å². The maximum Gasteiger partial charge on any atom is 0.125 e. The van der Waals surface area contributed by atoms with E-state index in [0.29, 0.717) is 6.10 Å². The smallest absolute Gasteiger partial charge is 0.125 e. The summed E-state index contributed by atoms with van der Waals surface area (Å²) in [7, 11) is 0. The van der Waals surface area contributed by atoms with Crippen LogP contribution in [-0.2, 0) is 0 Å². The van der Waals surface area contributed by atoms with Crippen LogP contribution < -0.4 is 4.74 Å². The second-order valence-electron chi connectivity index (χ2n) is 6.37. The van der Waals surface area contributed by atoms with Gasteiger partial charge in [-0.15, -0.1) is 0 Å². The molecule has 1 saturated carbocycles. The second-order valence-corrected chi connectivity index (χ2v) is 6.37. The number of ether oxygens (including phenoxy) is 1. The standard InChI is InChI=1S/C17H26O2/c1-11-5-6-17(16(10-11)14(4)18)19-15-8-12(2)7-13(3)9-15/h5-6,10,12-15,18H,7-9H2,1-4H3. The van der Waals surface area contributed by atoms with Gasteiger partial charge in [-0.25, -0.2) is 0 Å². The van der Waals surface area contributed by atoms with Crippen molar-refractivity contribution in [2.75, 3.05) is 0 Å². The minimum absolute atomic E-state index is 0.291. The third-order valence-electron chi connectivity index (χ3n) is 4.04. The summed E-state index contributed by atoms with van der Waals surface area (Å²) in [6, 6.07) is 6.08. The van der Waals surface area contributed by atoms with E-state index in [0.717, 1.165) is 41.6 Å². The van der Waals surface area contributed by atoms with Gasteiger partial charge in [-0.3, -0.25) is 0 Å². The molecule has 0 heterocycles. The Morgan fingerprint density at radius 2 is 1.79 bits per heavy atom. The first-order valence-electron chi connectivity index (χ1n) is 7.41. The van der Waals surface area contributed by atoms with Crippen LogP contribution in [0.3, 0.4) is 0 Å². The van der Waals surface area contributed by atoms with Crippen LogP contribution in [0.25, 0.3) is 0 Å². The Bertz CT molecular complexity index is 415. The van der Waals surface area contributed by atoms with Crippen molar-refractivity contribution in [2.24, 2.45) is 11.8 Å². The second kappa shape index (κ2) is 5.96. The fraction of sp³-hybridized carbons (Fsp3) is 0.647. The molecule has 19 heavy (non-hydrogen) atoms. The van der Waals surface area contributed by atoms with E-state index in [9.17, 15) is 5.11 Å². The Balaban J connectivity index is 2.14. The highest BCUT2D eigenvalue weighted by molar-refractivity contribution is 5.38. The molecule has 0 saturated heterocycles. The van der Waals surface area contributed by atoms with Crippen LogP contribution in [0, 0.1) is 18.8 Å². The summed E-state index contributed by atoms with van der Waals surface area (Å²) < 4.78 is 6.18. The zero-order chi connectivity index (χ0) is 14.0. The molecule has 1 aliphatic rings. The van der Waals surface area contributed by atoms with Gasteiger partial charge in [-0.2, -0.15) is 0 Å². The van der Waals surface area contributed by atoms with E-state index in [1.165, 1.54) is 6.42 Å². The van der Waals surface area contributed by atoms with Crippen molar-refractivity contribution >= 4 is 0 Å². The number of hydrogen-bond donors (Lipinski definition) is 1. The fourth-order valence-electron chi connectivity index (χ4n) is 3.25. The summed E-state index contributed by atoms with van der Waals surface area (Å²) >= 11 is 0. The molecule has 0 aromatic heterocycles. The lowest BCUT2D eigenvalue weighted by Gasteiger charge is -2.32. The zero-order valence-corrected chi connectivity index (χ0v) is 12.5. The molecule has 1 N–H and O–H groups in total. The molecule has 0 aliphatic heterocycles. The summed E-state index contributed by atoms with van der Waals surface area (Å²) in [6.45, 7) is 8.45. The summed E-state index contributed by atoms with van der Waals surface area (Å²) in [4.78, 5) is 0. The molecular formula is C17H26O2. The van der Waals surface area contributed by atoms with Gasteiger partial charge < -0.3 is 9.84 Å². The number of rotatable bonds is 3. The maximum atomic E-state index is 9.88. The Labute approximate surface area is 116 Å². The predicted octanol–water partition coefficient (Wildman–Crippen LogP) is 4.25. The fourth-order valence-corrected chi connectivity index (χ4v) is 3.25. The average molecular weight is 262 g/mol. The molecule has 0 amide bonds. The summed E-state index contributed by atoms with van der Waals surface area (Å²) in [5, 5.41) is 9.88. The number of aryl methyl sites for hydroxylation is 1. The van der Waals surface area contributed by atoms with Crippen molar-refractivity contribution in [2.45, 2.75) is 59.2 Å². The topological polar surface area (TPSA) is 29.5 Å². The molecule has 1 fully saturated rings. The van der Waals surface area contributed by atoms with Gasteiger partial charge in [0.2, 0.25) is 0 Å². The van der Waals surface area contributed by atoms with Gasteiger partial charge in [-0.1, -0.05) is 25.5 Å². The van der Waals surface area contributed by atoms with Gasteiger partial charge in [0.25, 0.3) is 0 Å². The molecule has 0 bridgehead atoms. The molecule has 1 aromatic carbocycles. The first-order valence-corrected chi connectivity index (χ1v) is 7.41. The Morgan fingerprint density at radius 1 is 1.16 bits per heavy atom. The van der Waals surface area contributed by atoms with E-state index in [4.69, 9.17) is 4.74 Å². The van der Waals surface area contributed by atoms with Crippen LogP contribution in [0.4, 0.5) is 0 Å². The minimum Gasteiger partial charge on any atom is -0.490 e. The monoisotopic (exact) mass is 262 g/mol. The Morgan fingerprint density at radius 3 is 2.37 bits per heavy atom. The van der Waals surface area contributed by atoms with Gasteiger partial charge in [0.05, 0.1) is 12.2 Å². The lowest BCUT2D eigenvalue weighted by molar-refractivity contribution is 0.0959. The SMILES string of the molecule is Cc1ccc(OC2CC(C)CC(C)C2)c(C(C)O)c1. The normalized spacial score (nSPS) is 29.0. The van der Waals surface area contributed by atoms with E-state index >= 15 is 0 Å². The van der Waals surface area contributed by atoms with Crippen molar-refractivity contribution in [3.8, 4) is 5.75 Å².